The first-order valence-corrected chi connectivity index (χ1v) is 5.20. The summed E-state index contributed by atoms with van der Waals surface area (Å²) in [6.07, 6.45) is 0.498. The van der Waals surface area contributed by atoms with Gasteiger partial charge in [0.25, 0.3) is 0 Å². The quantitative estimate of drug-likeness (QED) is 0.824. The van der Waals surface area contributed by atoms with Crippen molar-refractivity contribution in [1.29, 1.82) is 0 Å². The van der Waals surface area contributed by atoms with E-state index in [1.54, 1.807) is 26.4 Å². The molecule has 1 aromatic carbocycles. The van der Waals surface area contributed by atoms with Crippen LogP contribution >= 0.6 is 0 Å². The summed E-state index contributed by atoms with van der Waals surface area (Å²) in [5, 5.41) is 8.61. The number of benzene rings is 1. The molecule has 0 aliphatic carbocycles. The van der Waals surface area contributed by atoms with Crippen LogP contribution in [0.3, 0.4) is 0 Å². The summed E-state index contributed by atoms with van der Waals surface area (Å²) in [5.74, 6) is 0.426. The van der Waals surface area contributed by atoms with Gasteiger partial charge in [-0.2, -0.15) is 0 Å². The summed E-state index contributed by atoms with van der Waals surface area (Å²) in [5.41, 5.74) is 1.64. The maximum atomic E-state index is 10.5. The monoisotopic (exact) mass is 236 g/mol. The standard InChI is InChI=1S/C13H16O4/c1-9(4-7-13(14)15)10-5-6-11(16-2)12(8-10)17-3/h5-6,8H,1,4,7H2,2-3H3,(H,14,15). The number of carbonyl (C=O) groups is 1. The molecule has 0 heterocycles. The second-order valence-electron chi connectivity index (χ2n) is 3.57. The fourth-order valence-electron chi connectivity index (χ4n) is 1.46. The van der Waals surface area contributed by atoms with Crippen LogP contribution in [0.15, 0.2) is 24.8 Å². The lowest BCUT2D eigenvalue weighted by Crippen LogP contribution is -1.96. The van der Waals surface area contributed by atoms with E-state index >= 15 is 0 Å². The number of allylic oxidation sites excluding steroid dienone is 1. The van der Waals surface area contributed by atoms with E-state index in [1.165, 1.54) is 0 Å². The van der Waals surface area contributed by atoms with Gasteiger partial charge >= 0.3 is 5.97 Å². The van der Waals surface area contributed by atoms with Crippen LogP contribution in [-0.4, -0.2) is 25.3 Å². The zero-order valence-corrected chi connectivity index (χ0v) is 10.0. The summed E-state index contributed by atoms with van der Waals surface area (Å²) in [6, 6.07) is 5.41. The second-order valence-corrected chi connectivity index (χ2v) is 3.57. The molecular formula is C13H16O4. The van der Waals surface area contributed by atoms with E-state index in [1.807, 2.05) is 6.07 Å². The third kappa shape index (κ3) is 3.52. The Morgan fingerprint density at radius 3 is 2.41 bits per heavy atom. The molecule has 0 unspecified atom stereocenters. The van der Waals surface area contributed by atoms with Crippen molar-refractivity contribution in [3.05, 3.63) is 30.3 Å². The molecule has 1 N–H and O–H groups in total. The average Bonchev–Trinajstić information content (AvgIpc) is 2.34. The lowest BCUT2D eigenvalue weighted by molar-refractivity contribution is -0.136. The fourth-order valence-corrected chi connectivity index (χ4v) is 1.46. The molecule has 92 valence electrons. The summed E-state index contributed by atoms with van der Waals surface area (Å²) in [4.78, 5) is 10.5. The van der Waals surface area contributed by atoms with Gasteiger partial charge < -0.3 is 14.6 Å². The van der Waals surface area contributed by atoms with Gasteiger partial charge in [0.05, 0.1) is 14.2 Å². The summed E-state index contributed by atoms with van der Waals surface area (Å²) in [7, 11) is 3.12. The first-order valence-electron chi connectivity index (χ1n) is 5.20. The van der Waals surface area contributed by atoms with E-state index in [-0.39, 0.29) is 6.42 Å². The smallest absolute Gasteiger partial charge is 0.303 e. The second kappa shape index (κ2) is 5.94. The Kier molecular flexibility index (Phi) is 4.57. The Balaban J connectivity index is 2.84. The molecule has 0 amide bonds. The SMILES string of the molecule is C=C(CCC(=O)O)c1ccc(OC)c(OC)c1. The van der Waals surface area contributed by atoms with Crippen molar-refractivity contribution in [2.45, 2.75) is 12.8 Å². The van der Waals surface area contributed by atoms with E-state index in [2.05, 4.69) is 6.58 Å². The molecule has 0 aromatic heterocycles. The lowest BCUT2D eigenvalue weighted by atomic mass is 10.0. The zero-order valence-electron chi connectivity index (χ0n) is 10.0. The molecule has 4 nitrogen and oxygen atoms in total. The van der Waals surface area contributed by atoms with Gasteiger partial charge in [-0.25, -0.2) is 0 Å². The van der Waals surface area contributed by atoms with Crippen LogP contribution < -0.4 is 9.47 Å². The third-order valence-corrected chi connectivity index (χ3v) is 2.43. The normalized spacial score (nSPS) is 9.76. The van der Waals surface area contributed by atoms with Gasteiger partial charge in [0.1, 0.15) is 0 Å². The predicted octanol–water partition coefficient (Wildman–Crippen LogP) is 2.58. The number of aliphatic carboxylic acids is 1. The molecule has 4 heteroatoms. The van der Waals surface area contributed by atoms with Crippen molar-refractivity contribution in [3.8, 4) is 11.5 Å². The molecule has 0 radical (unpaired) electrons. The Labute approximate surface area is 100 Å². The lowest BCUT2D eigenvalue weighted by Gasteiger charge is -2.10. The van der Waals surface area contributed by atoms with Crippen LogP contribution in [0.1, 0.15) is 18.4 Å². The van der Waals surface area contributed by atoms with Crippen molar-refractivity contribution in [2.75, 3.05) is 14.2 Å². The summed E-state index contributed by atoms with van der Waals surface area (Å²) < 4.78 is 10.3. The van der Waals surface area contributed by atoms with E-state index in [0.29, 0.717) is 17.9 Å². The van der Waals surface area contributed by atoms with Gasteiger partial charge in [-0.1, -0.05) is 12.6 Å². The molecule has 1 aromatic rings. The number of carboxylic acids is 1. The molecule has 0 saturated heterocycles. The van der Waals surface area contributed by atoms with Crippen LogP contribution in [-0.2, 0) is 4.79 Å². The maximum Gasteiger partial charge on any atom is 0.303 e. The Morgan fingerprint density at radius 1 is 1.24 bits per heavy atom. The van der Waals surface area contributed by atoms with Gasteiger partial charge in [-0.3, -0.25) is 4.79 Å². The molecule has 0 aliphatic rings. The van der Waals surface area contributed by atoms with E-state index in [0.717, 1.165) is 11.1 Å². The van der Waals surface area contributed by atoms with Crippen LogP contribution in [0, 0.1) is 0 Å². The maximum absolute atomic E-state index is 10.5. The highest BCUT2D eigenvalue weighted by Gasteiger charge is 2.07. The Bertz CT molecular complexity index is 423. The number of methoxy groups -OCH3 is 2. The number of ether oxygens (including phenoxy) is 2. The van der Waals surface area contributed by atoms with Gasteiger partial charge in [-0.05, 0) is 29.7 Å². The largest absolute Gasteiger partial charge is 0.493 e. The molecule has 1 rings (SSSR count). The molecule has 0 saturated carbocycles. The number of carboxylic acid groups (broad SMARTS) is 1. The minimum atomic E-state index is -0.827. The van der Waals surface area contributed by atoms with Gasteiger partial charge in [-0.15, -0.1) is 0 Å². The molecular weight excluding hydrogens is 220 g/mol. The van der Waals surface area contributed by atoms with Crippen molar-refractivity contribution < 1.29 is 19.4 Å². The number of rotatable bonds is 6. The summed E-state index contributed by atoms with van der Waals surface area (Å²) >= 11 is 0. The van der Waals surface area contributed by atoms with Crippen molar-refractivity contribution >= 4 is 11.5 Å². The first kappa shape index (κ1) is 13.1. The molecule has 0 fully saturated rings. The van der Waals surface area contributed by atoms with Crippen LogP contribution in [0.25, 0.3) is 5.57 Å². The van der Waals surface area contributed by atoms with E-state index < -0.39 is 5.97 Å². The minimum Gasteiger partial charge on any atom is -0.493 e. The molecule has 17 heavy (non-hydrogen) atoms. The fraction of sp³-hybridized carbons (Fsp3) is 0.308. The van der Waals surface area contributed by atoms with Crippen LogP contribution in [0.2, 0.25) is 0 Å². The van der Waals surface area contributed by atoms with Crippen molar-refractivity contribution in [2.24, 2.45) is 0 Å². The van der Waals surface area contributed by atoms with Gasteiger partial charge in [0.15, 0.2) is 11.5 Å². The van der Waals surface area contributed by atoms with Crippen molar-refractivity contribution in [1.82, 2.24) is 0 Å². The van der Waals surface area contributed by atoms with E-state index in [4.69, 9.17) is 14.6 Å². The van der Waals surface area contributed by atoms with Crippen molar-refractivity contribution in [3.63, 3.8) is 0 Å². The number of hydrogen-bond donors (Lipinski definition) is 1. The number of hydrogen-bond acceptors (Lipinski definition) is 3. The average molecular weight is 236 g/mol. The summed E-state index contributed by atoms with van der Waals surface area (Å²) in [6.45, 7) is 3.87. The zero-order chi connectivity index (χ0) is 12.8. The highest BCUT2D eigenvalue weighted by atomic mass is 16.5. The van der Waals surface area contributed by atoms with Gasteiger partial charge in [0, 0.05) is 6.42 Å². The van der Waals surface area contributed by atoms with Crippen LogP contribution in [0.4, 0.5) is 0 Å². The minimum absolute atomic E-state index is 0.0766. The highest BCUT2D eigenvalue weighted by molar-refractivity contribution is 5.72. The molecule has 0 bridgehead atoms. The topological polar surface area (TPSA) is 55.8 Å². The van der Waals surface area contributed by atoms with Crippen LogP contribution in [0.5, 0.6) is 11.5 Å². The third-order valence-electron chi connectivity index (χ3n) is 2.43. The molecule has 0 atom stereocenters. The Hall–Kier alpha value is -1.97. The highest BCUT2D eigenvalue weighted by Crippen LogP contribution is 2.30. The Morgan fingerprint density at radius 2 is 1.88 bits per heavy atom. The van der Waals surface area contributed by atoms with Gasteiger partial charge in [0.2, 0.25) is 0 Å². The predicted molar refractivity (Wildman–Crippen MR) is 65.4 cm³/mol. The van der Waals surface area contributed by atoms with E-state index in [9.17, 15) is 4.79 Å². The first-order chi connectivity index (χ1) is 8.08. The molecule has 0 aliphatic heterocycles. The molecule has 0 spiro atoms.